The number of hydrogen-bond acceptors (Lipinski definition) is 6. The van der Waals surface area contributed by atoms with Crippen LogP contribution in [0.15, 0.2) is 51.1 Å². The Labute approximate surface area is 157 Å². The van der Waals surface area contributed by atoms with Gasteiger partial charge in [-0.2, -0.15) is 8.42 Å². The molecule has 27 heavy (non-hydrogen) atoms. The second-order valence-corrected chi connectivity index (χ2v) is 8.95. The molecule has 11 heteroatoms. The molecule has 0 aliphatic heterocycles. The zero-order valence-electron chi connectivity index (χ0n) is 14.6. The molecule has 2 aromatic rings. The summed E-state index contributed by atoms with van der Waals surface area (Å²) in [4.78, 5) is 10.4. The molecule has 2 aromatic carbocycles. The second-order valence-electron chi connectivity index (χ2n) is 5.64. The zero-order chi connectivity index (χ0) is 20.4. The summed E-state index contributed by atoms with van der Waals surface area (Å²) in [6.07, 6.45) is 0. The maximum Gasteiger partial charge on any atom is 0.319 e. The summed E-state index contributed by atoms with van der Waals surface area (Å²) < 4.78 is 58.0. The maximum absolute atomic E-state index is 12.9. The van der Waals surface area contributed by atoms with Crippen molar-refractivity contribution in [3.63, 3.8) is 0 Å². The van der Waals surface area contributed by atoms with Gasteiger partial charge in [0.1, 0.15) is 0 Å². The number of nitrogens with two attached hydrogens (primary N) is 1. The first-order chi connectivity index (χ1) is 12.5. The number of carbonyl (C=O) groups is 1. The van der Waals surface area contributed by atoms with Crippen LogP contribution in [0.4, 0.5) is 16.2 Å². The average molecular weight is 413 g/mol. The molecule has 0 heterocycles. The van der Waals surface area contributed by atoms with E-state index in [4.69, 9.17) is 5.73 Å². The normalized spacial score (nSPS) is 11.8. The molecular formula is C16H19N3O6S2. The van der Waals surface area contributed by atoms with Crippen molar-refractivity contribution in [2.24, 2.45) is 0 Å². The number of carbonyl (C=O) groups excluding carboxylic acids is 1. The number of amides is 2. The highest BCUT2D eigenvalue weighted by Crippen LogP contribution is 2.30. The van der Waals surface area contributed by atoms with Gasteiger partial charge in [0.15, 0.2) is 0 Å². The highest BCUT2D eigenvalue weighted by molar-refractivity contribution is 7.91. The Morgan fingerprint density at radius 2 is 1.74 bits per heavy atom. The van der Waals surface area contributed by atoms with Crippen LogP contribution in [0.3, 0.4) is 0 Å². The van der Waals surface area contributed by atoms with E-state index in [2.05, 4.69) is 10.6 Å². The Balaban J connectivity index is 2.55. The van der Waals surface area contributed by atoms with Gasteiger partial charge in [-0.05, 0) is 49.7 Å². The minimum Gasteiger partial charge on any atom is -0.398 e. The first-order valence-corrected chi connectivity index (χ1v) is 10.7. The molecule has 0 bridgehead atoms. The first-order valence-electron chi connectivity index (χ1n) is 7.74. The number of anilines is 2. The fourth-order valence-electron chi connectivity index (χ4n) is 2.33. The Kier molecular flexibility index (Phi) is 5.78. The average Bonchev–Trinajstić information content (AvgIpc) is 2.55. The molecule has 0 saturated heterocycles. The SMILES string of the molecule is CCNC(=O)Nc1ccc(N)c(S(=O)(=O)c2ccc(C)c(S(=O)(=O)O)c2)c1. The van der Waals surface area contributed by atoms with Crippen LogP contribution in [0.25, 0.3) is 0 Å². The van der Waals surface area contributed by atoms with E-state index < -0.39 is 30.9 Å². The van der Waals surface area contributed by atoms with E-state index in [1.165, 1.54) is 37.3 Å². The number of rotatable bonds is 5. The fourth-order valence-corrected chi connectivity index (χ4v) is 4.59. The van der Waals surface area contributed by atoms with E-state index in [0.29, 0.717) is 6.54 Å². The molecule has 5 N–H and O–H groups in total. The van der Waals surface area contributed by atoms with Crippen molar-refractivity contribution in [1.29, 1.82) is 0 Å². The summed E-state index contributed by atoms with van der Waals surface area (Å²) in [6.45, 7) is 3.53. The third-order valence-corrected chi connectivity index (χ3v) is 6.45. The molecule has 0 aliphatic rings. The first kappa shape index (κ1) is 20.7. The van der Waals surface area contributed by atoms with Crippen LogP contribution in [-0.2, 0) is 20.0 Å². The van der Waals surface area contributed by atoms with Crippen molar-refractivity contribution in [3.8, 4) is 0 Å². The summed E-state index contributed by atoms with van der Waals surface area (Å²) in [7, 11) is -8.81. The van der Waals surface area contributed by atoms with Crippen LogP contribution in [0, 0.1) is 6.92 Å². The molecule has 2 amide bonds. The predicted molar refractivity (Wildman–Crippen MR) is 100.0 cm³/mol. The van der Waals surface area contributed by atoms with E-state index in [9.17, 15) is 26.2 Å². The smallest absolute Gasteiger partial charge is 0.319 e. The molecule has 0 radical (unpaired) electrons. The Bertz CT molecular complexity index is 1100. The van der Waals surface area contributed by atoms with Gasteiger partial charge in [0.25, 0.3) is 10.1 Å². The standard InChI is InChI=1S/C16H19N3O6S2/c1-3-18-16(20)19-11-5-7-13(17)15(8-11)26(21,22)12-6-4-10(2)14(9-12)27(23,24)25/h4-9H,3,17H2,1-2H3,(H2,18,19,20)(H,23,24,25). The van der Waals surface area contributed by atoms with Crippen molar-refractivity contribution in [1.82, 2.24) is 5.32 Å². The monoisotopic (exact) mass is 413 g/mol. The number of aryl methyl sites for hydroxylation is 1. The van der Waals surface area contributed by atoms with E-state index in [0.717, 1.165) is 6.07 Å². The lowest BCUT2D eigenvalue weighted by atomic mass is 10.2. The van der Waals surface area contributed by atoms with Crippen molar-refractivity contribution in [3.05, 3.63) is 42.0 Å². The number of benzene rings is 2. The highest BCUT2D eigenvalue weighted by atomic mass is 32.2. The number of sulfone groups is 1. The van der Waals surface area contributed by atoms with Crippen LogP contribution in [0.2, 0.25) is 0 Å². The summed E-state index contributed by atoms with van der Waals surface area (Å²) in [5.41, 5.74) is 6.08. The molecule has 0 atom stereocenters. The molecule has 2 rings (SSSR count). The van der Waals surface area contributed by atoms with Crippen molar-refractivity contribution in [2.45, 2.75) is 28.5 Å². The lowest BCUT2D eigenvalue weighted by Gasteiger charge is -2.12. The van der Waals surface area contributed by atoms with Crippen molar-refractivity contribution >= 4 is 37.4 Å². The molecule has 0 saturated carbocycles. The predicted octanol–water partition coefficient (Wildman–Crippen LogP) is 1.80. The van der Waals surface area contributed by atoms with Gasteiger partial charge in [-0.3, -0.25) is 4.55 Å². The molecular weight excluding hydrogens is 394 g/mol. The van der Waals surface area contributed by atoms with Gasteiger partial charge in [0, 0.05) is 12.2 Å². The maximum atomic E-state index is 12.9. The third-order valence-electron chi connectivity index (χ3n) is 3.65. The lowest BCUT2D eigenvalue weighted by Crippen LogP contribution is -2.28. The van der Waals surface area contributed by atoms with Crippen LogP contribution >= 0.6 is 0 Å². The van der Waals surface area contributed by atoms with Crippen molar-refractivity contribution in [2.75, 3.05) is 17.6 Å². The van der Waals surface area contributed by atoms with Crippen LogP contribution in [0.5, 0.6) is 0 Å². The summed E-state index contributed by atoms with van der Waals surface area (Å²) in [5.74, 6) is 0. The number of urea groups is 1. The minimum absolute atomic E-state index is 0.0783. The van der Waals surface area contributed by atoms with E-state index in [1.54, 1.807) is 6.92 Å². The second kappa shape index (κ2) is 7.55. The van der Waals surface area contributed by atoms with Gasteiger partial charge in [-0.1, -0.05) is 6.07 Å². The number of nitrogens with one attached hydrogen (secondary N) is 2. The Morgan fingerprint density at radius 3 is 2.33 bits per heavy atom. The highest BCUT2D eigenvalue weighted by Gasteiger charge is 2.24. The number of hydrogen-bond donors (Lipinski definition) is 4. The molecule has 0 unspecified atom stereocenters. The van der Waals surface area contributed by atoms with Crippen LogP contribution in [0.1, 0.15) is 12.5 Å². The molecule has 0 spiro atoms. The molecule has 0 aliphatic carbocycles. The Morgan fingerprint density at radius 1 is 1.07 bits per heavy atom. The molecule has 0 aromatic heterocycles. The van der Waals surface area contributed by atoms with Gasteiger partial charge in [0.2, 0.25) is 9.84 Å². The zero-order valence-corrected chi connectivity index (χ0v) is 16.2. The van der Waals surface area contributed by atoms with Crippen LogP contribution < -0.4 is 16.4 Å². The lowest BCUT2D eigenvalue weighted by molar-refractivity contribution is 0.252. The van der Waals surface area contributed by atoms with E-state index in [-0.39, 0.29) is 26.7 Å². The molecule has 9 nitrogen and oxygen atoms in total. The van der Waals surface area contributed by atoms with E-state index >= 15 is 0 Å². The summed E-state index contributed by atoms with van der Waals surface area (Å²) in [5, 5.41) is 4.98. The minimum atomic E-state index is -4.60. The quantitative estimate of drug-likeness (QED) is 0.430. The third kappa shape index (κ3) is 4.56. The Hall–Kier alpha value is -2.63. The molecule has 146 valence electrons. The summed E-state index contributed by atoms with van der Waals surface area (Å²) >= 11 is 0. The van der Waals surface area contributed by atoms with Gasteiger partial charge in [0.05, 0.1) is 20.4 Å². The summed E-state index contributed by atoms with van der Waals surface area (Å²) in [6, 6.07) is 6.74. The fraction of sp³-hybridized carbons (Fsp3) is 0.188. The topological polar surface area (TPSA) is 156 Å². The van der Waals surface area contributed by atoms with Gasteiger partial charge in [-0.15, -0.1) is 0 Å². The van der Waals surface area contributed by atoms with E-state index in [1.807, 2.05) is 0 Å². The largest absolute Gasteiger partial charge is 0.398 e. The van der Waals surface area contributed by atoms with Crippen molar-refractivity contribution < 1.29 is 26.2 Å². The van der Waals surface area contributed by atoms with Gasteiger partial charge < -0.3 is 16.4 Å². The molecule has 0 fully saturated rings. The van der Waals surface area contributed by atoms with Crippen LogP contribution in [-0.4, -0.2) is 34.0 Å². The van der Waals surface area contributed by atoms with Gasteiger partial charge in [-0.25, -0.2) is 13.2 Å². The van der Waals surface area contributed by atoms with Gasteiger partial charge >= 0.3 is 6.03 Å². The number of nitrogen functional groups attached to an aromatic ring is 1.